The molecular weight excluding hydrogens is 376 g/mol. The normalized spacial score (nSPS) is 14.3. The minimum absolute atomic E-state index is 0.0861. The van der Waals surface area contributed by atoms with Gasteiger partial charge in [-0.1, -0.05) is 24.3 Å². The van der Waals surface area contributed by atoms with E-state index >= 15 is 0 Å². The predicted octanol–water partition coefficient (Wildman–Crippen LogP) is 3.65. The molecule has 2 aromatic rings. The van der Waals surface area contributed by atoms with Crippen molar-refractivity contribution >= 4 is 28.9 Å². The maximum atomic E-state index is 12.5. The van der Waals surface area contributed by atoms with E-state index < -0.39 is 0 Å². The molecule has 3 rings (SSSR count). The van der Waals surface area contributed by atoms with Gasteiger partial charge >= 0.3 is 0 Å². The summed E-state index contributed by atoms with van der Waals surface area (Å²) in [7, 11) is 0. The second-order valence-electron chi connectivity index (χ2n) is 7.82. The van der Waals surface area contributed by atoms with Gasteiger partial charge in [0.1, 0.15) is 0 Å². The zero-order chi connectivity index (χ0) is 21.3. The third kappa shape index (κ3) is 6.24. The number of para-hydroxylation sites is 1. The first kappa shape index (κ1) is 21.7. The average Bonchev–Trinajstić information content (AvgIpc) is 3.27. The summed E-state index contributed by atoms with van der Waals surface area (Å²) in [5.74, 6) is -0.186. The highest BCUT2D eigenvalue weighted by Crippen LogP contribution is 2.23. The number of anilines is 3. The maximum Gasteiger partial charge on any atom is 0.239 e. The summed E-state index contributed by atoms with van der Waals surface area (Å²) in [6, 6.07) is 17.6. The third-order valence-electron chi connectivity index (χ3n) is 5.34. The summed E-state index contributed by atoms with van der Waals surface area (Å²) in [6.45, 7) is 7.02. The SMILES string of the molecule is CCN(CC(=O)NC(C)CC(=O)Nc1cccc(N2CCCC2)c1)c1ccccc1. The molecule has 160 valence electrons. The van der Waals surface area contributed by atoms with E-state index in [0.29, 0.717) is 0 Å². The molecule has 0 radical (unpaired) electrons. The number of hydrogen-bond acceptors (Lipinski definition) is 4. The van der Waals surface area contributed by atoms with Crippen molar-refractivity contribution in [2.75, 3.05) is 41.3 Å². The molecule has 1 atom stereocenters. The average molecular weight is 409 g/mol. The summed E-state index contributed by atoms with van der Waals surface area (Å²) in [5.41, 5.74) is 2.95. The van der Waals surface area contributed by atoms with Crippen LogP contribution in [0.25, 0.3) is 0 Å². The lowest BCUT2D eigenvalue weighted by Crippen LogP contribution is -2.42. The fourth-order valence-electron chi connectivity index (χ4n) is 3.82. The largest absolute Gasteiger partial charge is 0.371 e. The topological polar surface area (TPSA) is 64.7 Å². The highest BCUT2D eigenvalue weighted by Gasteiger charge is 2.16. The standard InChI is InChI=1S/C24H32N4O2/c1-3-27(21-11-5-4-6-12-21)18-24(30)25-19(2)16-23(29)26-20-10-9-13-22(17-20)28-14-7-8-15-28/h4-6,9-13,17,19H,3,7-8,14-16,18H2,1-2H3,(H,25,30)(H,26,29). The Morgan fingerprint density at radius 1 is 1.03 bits per heavy atom. The first-order chi connectivity index (χ1) is 14.5. The molecule has 0 spiro atoms. The Hall–Kier alpha value is -3.02. The van der Waals surface area contributed by atoms with E-state index in [2.05, 4.69) is 21.6 Å². The number of hydrogen-bond donors (Lipinski definition) is 2. The van der Waals surface area contributed by atoms with Crippen molar-refractivity contribution in [1.82, 2.24) is 5.32 Å². The number of carbonyl (C=O) groups excluding carboxylic acids is 2. The van der Waals surface area contributed by atoms with Crippen LogP contribution in [0.3, 0.4) is 0 Å². The van der Waals surface area contributed by atoms with Gasteiger partial charge < -0.3 is 20.4 Å². The lowest BCUT2D eigenvalue weighted by molar-refractivity contribution is -0.121. The molecule has 1 aliphatic rings. The van der Waals surface area contributed by atoms with Gasteiger partial charge in [-0.05, 0) is 57.0 Å². The Labute approximate surface area is 179 Å². The van der Waals surface area contributed by atoms with E-state index in [9.17, 15) is 9.59 Å². The molecule has 2 N–H and O–H groups in total. The minimum Gasteiger partial charge on any atom is -0.371 e. The van der Waals surface area contributed by atoms with Crippen molar-refractivity contribution in [3.63, 3.8) is 0 Å². The molecule has 1 unspecified atom stereocenters. The number of benzene rings is 2. The van der Waals surface area contributed by atoms with Crippen molar-refractivity contribution in [2.24, 2.45) is 0 Å². The number of nitrogens with one attached hydrogen (secondary N) is 2. The Kier molecular flexibility index (Phi) is 7.71. The van der Waals surface area contributed by atoms with Crippen LogP contribution in [0.4, 0.5) is 17.1 Å². The molecule has 1 fully saturated rings. The highest BCUT2D eigenvalue weighted by molar-refractivity contribution is 5.92. The zero-order valence-corrected chi connectivity index (χ0v) is 17.9. The van der Waals surface area contributed by atoms with E-state index in [4.69, 9.17) is 0 Å². The second kappa shape index (κ2) is 10.7. The van der Waals surface area contributed by atoms with Crippen molar-refractivity contribution in [2.45, 2.75) is 39.2 Å². The minimum atomic E-state index is -0.242. The van der Waals surface area contributed by atoms with Crippen LogP contribution in [-0.2, 0) is 9.59 Å². The van der Waals surface area contributed by atoms with Crippen LogP contribution in [0, 0.1) is 0 Å². The monoisotopic (exact) mass is 408 g/mol. The van der Waals surface area contributed by atoms with Gasteiger partial charge in [-0.25, -0.2) is 0 Å². The lowest BCUT2D eigenvalue weighted by Gasteiger charge is -2.23. The Morgan fingerprint density at radius 2 is 1.77 bits per heavy atom. The van der Waals surface area contributed by atoms with E-state index in [1.165, 1.54) is 12.8 Å². The number of amides is 2. The van der Waals surface area contributed by atoms with Crippen LogP contribution in [-0.4, -0.2) is 44.0 Å². The van der Waals surface area contributed by atoms with Gasteiger partial charge in [0.25, 0.3) is 0 Å². The summed E-state index contributed by atoms with van der Waals surface area (Å²) in [6.07, 6.45) is 2.66. The first-order valence-electron chi connectivity index (χ1n) is 10.8. The smallest absolute Gasteiger partial charge is 0.239 e. The summed E-state index contributed by atoms with van der Waals surface area (Å²) in [4.78, 5) is 29.2. The maximum absolute atomic E-state index is 12.5. The van der Waals surface area contributed by atoms with Gasteiger partial charge in [0.2, 0.25) is 11.8 Å². The molecule has 0 bridgehead atoms. The van der Waals surface area contributed by atoms with E-state index in [0.717, 1.165) is 36.7 Å². The molecule has 0 aromatic heterocycles. The number of likely N-dealkylation sites (N-methyl/N-ethyl adjacent to an activating group) is 1. The Morgan fingerprint density at radius 3 is 2.47 bits per heavy atom. The fraction of sp³-hybridized carbons (Fsp3) is 0.417. The Bertz CT molecular complexity index is 834. The molecule has 0 aliphatic carbocycles. The van der Waals surface area contributed by atoms with Gasteiger partial charge in [-0.3, -0.25) is 9.59 Å². The number of carbonyl (C=O) groups is 2. The quantitative estimate of drug-likeness (QED) is 0.665. The summed E-state index contributed by atoms with van der Waals surface area (Å²) >= 11 is 0. The van der Waals surface area contributed by atoms with Crippen LogP contribution in [0.2, 0.25) is 0 Å². The molecule has 30 heavy (non-hydrogen) atoms. The van der Waals surface area contributed by atoms with Gasteiger partial charge in [-0.15, -0.1) is 0 Å². The molecule has 6 nitrogen and oxygen atoms in total. The summed E-state index contributed by atoms with van der Waals surface area (Å²) < 4.78 is 0. The number of rotatable bonds is 9. The molecule has 6 heteroatoms. The molecule has 2 aromatic carbocycles. The van der Waals surface area contributed by atoms with Crippen LogP contribution in [0.15, 0.2) is 54.6 Å². The van der Waals surface area contributed by atoms with Gasteiger partial charge in [0, 0.05) is 49.2 Å². The number of nitrogens with zero attached hydrogens (tertiary/aromatic N) is 2. The van der Waals surface area contributed by atoms with Crippen molar-refractivity contribution in [3.8, 4) is 0 Å². The van der Waals surface area contributed by atoms with E-state index in [1.54, 1.807) is 0 Å². The van der Waals surface area contributed by atoms with Gasteiger partial charge in [-0.2, -0.15) is 0 Å². The molecule has 1 heterocycles. The van der Waals surface area contributed by atoms with E-state index in [1.807, 2.05) is 67.3 Å². The third-order valence-corrected chi connectivity index (χ3v) is 5.34. The molecule has 1 aliphatic heterocycles. The van der Waals surface area contributed by atoms with Crippen LogP contribution in [0.5, 0.6) is 0 Å². The fourth-order valence-corrected chi connectivity index (χ4v) is 3.82. The highest BCUT2D eigenvalue weighted by atomic mass is 16.2. The van der Waals surface area contributed by atoms with Gasteiger partial charge in [0.15, 0.2) is 0 Å². The van der Waals surface area contributed by atoms with Crippen molar-refractivity contribution in [1.29, 1.82) is 0 Å². The molecular formula is C24H32N4O2. The molecule has 0 saturated carbocycles. The van der Waals surface area contributed by atoms with E-state index in [-0.39, 0.29) is 30.8 Å². The van der Waals surface area contributed by atoms with Crippen LogP contribution >= 0.6 is 0 Å². The predicted molar refractivity (Wildman–Crippen MR) is 123 cm³/mol. The van der Waals surface area contributed by atoms with Crippen LogP contribution in [0.1, 0.15) is 33.1 Å². The Balaban J connectivity index is 1.47. The zero-order valence-electron chi connectivity index (χ0n) is 17.9. The summed E-state index contributed by atoms with van der Waals surface area (Å²) in [5, 5.41) is 5.90. The first-order valence-corrected chi connectivity index (χ1v) is 10.8. The second-order valence-corrected chi connectivity index (χ2v) is 7.82. The lowest BCUT2D eigenvalue weighted by atomic mass is 10.2. The van der Waals surface area contributed by atoms with Crippen molar-refractivity contribution in [3.05, 3.63) is 54.6 Å². The molecule has 2 amide bonds. The van der Waals surface area contributed by atoms with Crippen LogP contribution < -0.4 is 20.4 Å². The van der Waals surface area contributed by atoms with Crippen molar-refractivity contribution < 1.29 is 9.59 Å². The molecule has 1 saturated heterocycles. The van der Waals surface area contributed by atoms with Gasteiger partial charge in [0.05, 0.1) is 6.54 Å².